The summed E-state index contributed by atoms with van der Waals surface area (Å²) < 4.78 is 10.8. The number of benzene rings is 1. The highest BCUT2D eigenvalue weighted by Gasteiger charge is 2.04. The molecular formula is C11H15O2P. The Labute approximate surface area is 85.1 Å². The fraction of sp³-hybridized carbons (Fsp3) is 0.364. The highest BCUT2D eigenvalue weighted by Crippen LogP contribution is 2.14. The first-order valence-electron chi connectivity index (χ1n) is 4.73. The molecule has 1 unspecified atom stereocenters. The minimum atomic E-state index is -1.64. The van der Waals surface area contributed by atoms with Gasteiger partial charge in [0.25, 0.3) is 0 Å². The van der Waals surface area contributed by atoms with Crippen molar-refractivity contribution in [2.24, 2.45) is 0 Å². The Hall–Kier alpha value is -0.880. The molecular weight excluding hydrogens is 195 g/mol. The first kappa shape index (κ1) is 11.2. The van der Waals surface area contributed by atoms with Gasteiger partial charge in [-0.15, -0.1) is 0 Å². The van der Waals surface area contributed by atoms with Crippen molar-refractivity contribution in [3.8, 4) is 0 Å². The summed E-state index contributed by atoms with van der Waals surface area (Å²) >= 11 is 0. The van der Waals surface area contributed by atoms with E-state index in [0.29, 0.717) is 6.42 Å². The average Bonchev–Trinajstić information content (AvgIpc) is 2.15. The summed E-state index contributed by atoms with van der Waals surface area (Å²) in [5.74, 6) is 0.111. The Kier molecular flexibility index (Phi) is 4.61. The van der Waals surface area contributed by atoms with Crippen LogP contribution in [0.3, 0.4) is 0 Å². The summed E-state index contributed by atoms with van der Waals surface area (Å²) in [4.78, 5) is 11.3. The SMILES string of the molecule is C[PH](=O)CC(=O)CCc1ccccc1. The monoisotopic (exact) mass is 210 g/mol. The molecule has 0 aliphatic carbocycles. The summed E-state index contributed by atoms with van der Waals surface area (Å²) in [6.45, 7) is 1.63. The molecule has 14 heavy (non-hydrogen) atoms. The number of ketones is 1. The molecule has 1 aromatic rings. The number of carbonyl (C=O) groups excluding carboxylic acids is 1. The van der Waals surface area contributed by atoms with Crippen LogP contribution in [0.15, 0.2) is 30.3 Å². The largest absolute Gasteiger partial charge is 0.327 e. The number of Topliss-reactive ketones (excluding diaryl/α,β-unsaturated/α-hetero) is 1. The molecule has 0 fully saturated rings. The summed E-state index contributed by atoms with van der Waals surface area (Å²) in [6, 6.07) is 9.88. The maximum atomic E-state index is 11.3. The van der Waals surface area contributed by atoms with Crippen LogP contribution in [-0.2, 0) is 15.8 Å². The van der Waals surface area contributed by atoms with Crippen molar-refractivity contribution in [3.63, 3.8) is 0 Å². The topological polar surface area (TPSA) is 34.1 Å². The fourth-order valence-electron chi connectivity index (χ4n) is 1.29. The standard InChI is InChI=1S/C11H15O2P/c1-14(13)9-11(12)8-7-10-5-3-2-4-6-10/h2-6,14H,7-9H2,1H3. The van der Waals surface area contributed by atoms with Crippen LogP contribution >= 0.6 is 7.80 Å². The lowest BCUT2D eigenvalue weighted by molar-refractivity contribution is -0.116. The molecule has 0 heterocycles. The lowest BCUT2D eigenvalue weighted by Gasteiger charge is -1.99. The quantitative estimate of drug-likeness (QED) is 0.699. The second-order valence-electron chi connectivity index (χ2n) is 3.40. The van der Waals surface area contributed by atoms with Crippen molar-refractivity contribution >= 4 is 13.6 Å². The van der Waals surface area contributed by atoms with Crippen LogP contribution in [0.1, 0.15) is 12.0 Å². The van der Waals surface area contributed by atoms with Crippen molar-refractivity contribution in [3.05, 3.63) is 35.9 Å². The third kappa shape index (κ3) is 4.38. The molecule has 1 atom stereocenters. The molecule has 3 heteroatoms. The molecule has 0 aromatic heterocycles. The van der Waals surface area contributed by atoms with Crippen LogP contribution in [0.5, 0.6) is 0 Å². The van der Waals surface area contributed by atoms with E-state index in [2.05, 4.69) is 0 Å². The summed E-state index contributed by atoms with van der Waals surface area (Å²) in [7, 11) is -1.64. The summed E-state index contributed by atoms with van der Waals surface area (Å²) in [6.07, 6.45) is 1.53. The van der Waals surface area contributed by atoms with E-state index >= 15 is 0 Å². The Morgan fingerprint density at radius 3 is 2.50 bits per heavy atom. The van der Waals surface area contributed by atoms with E-state index in [0.717, 1.165) is 12.0 Å². The fourth-order valence-corrected chi connectivity index (χ4v) is 2.03. The van der Waals surface area contributed by atoms with Gasteiger partial charge in [-0.3, -0.25) is 4.79 Å². The lowest BCUT2D eigenvalue weighted by Crippen LogP contribution is -2.02. The van der Waals surface area contributed by atoms with Crippen LogP contribution in [0.2, 0.25) is 0 Å². The molecule has 1 aromatic carbocycles. The van der Waals surface area contributed by atoms with Gasteiger partial charge in [-0.05, 0) is 18.6 Å². The van der Waals surface area contributed by atoms with Gasteiger partial charge in [0.05, 0.1) is 14.0 Å². The van der Waals surface area contributed by atoms with E-state index < -0.39 is 7.80 Å². The molecule has 0 N–H and O–H groups in total. The van der Waals surface area contributed by atoms with E-state index in [1.807, 2.05) is 30.3 Å². The van der Waals surface area contributed by atoms with Gasteiger partial charge in [-0.2, -0.15) is 0 Å². The minimum Gasteiger partial charge on any atom is -0.327 e. The van der Waals surface area contributed by atoms with E-state index in [9.17, 15) is 9.36 Å². The average molecular weight is 210 g/mol. The van der Waals surface area contributed by atoms with Crippen molar-refractivity contribution in [2.45, 2.75) is 12.8 Å². The molecule has 0 amide bonds. The third-order valence-electron chi connectivity index (χ3n) is 1.98. The second-order valence-corrected chi connectivity index (χ2v) is 5.16. The molecule has 76 valence electrons. The molecule has 0 saturated carbocycles. The van der Waals surface area contributed by atoms with Crippen molar-refractivity contribution < 1.29 is 9.36 Å². The van der Waals surface area contributed by atoms with Crippen molar-refractivity contribution in [1.29, 1.82) is 0 Å². The Balaban J connectivity index is 2.34. The Morgan fingerprint density at radius 2 is 1.93 bits per heavy atom. The van der Waals surface area contributed by atoms with Gasteiger partial charge >= 0.3 is 0 Å². The zero-order valence-electron chi connectivity index (χ0n) is 8.32. The van der Waals surface area contributed by atoms with Gasteiger partial charge in [0.15, 0.2) is 0 Å². The third-order valence-corrected chi connectivity index (χ3v) is 2.87. The van der Waals surface area contributed by atoms with E-state index in [1.54, 1.807) is 6.66 Å². The molecule has 0 aliphatic rings. The minimum absolute atomic E-state index is 0.111. The number of aryl methyl sites for hydroxylation is 1. The van der Waals surface area contributed by atoms with Gasteiger partial charge in [-0.25, -0.2) is 0 Å². The molecule has 0 radical (unpaired) electrons. The highest BCUT2D eigenvalue weighted by molar-refractivity contribution is 7.44. The molecule has 1 rings (SSSR count). The molecule has 2 nitrogen and oxygen atoms in total. The molecule has 0 bridgehead atoms. The van der Waals surface area contributed by atoms with Gasteiger partial charge in [0.2, 0.25) is 0 Å². The zero-order valence-corrected chi connectivity index (χ0v) is 9.32. The zero-order chi connectivity index (χ0) is 10.4. The summed E-state index contributed by atoms with van der Waals surface area (Å²) in [5.41, 5.74) is 1.16. The predicted molar refractivity (Wildman–Crippen MR) is 59.6 cm³/mol. The van der Waals surface area contributed by atoms with Crippen LogP contribution in [0.25, 0.3) is 0 Å². The first-order valence-corrected chi connectivity index (χ1v) is 6.85. The first-order chi connectivity index (χ1) is 6.68. The van der Waals surface area contributed by atoms with Gasteiger partial charge in [-0.1, -0.05) is 30.3 Å². The molecule has 0 spiro atoms. The number of hydrogen-bond donors (Lipinski definition) is 0. The van der Waals surface area contributed by atoms with E-state index in [4.69, 9.17) is 0 Å². The Morgan fingerprint density at radius 1 is 1.29 bits per heavy atom. The maximum Gasteiger partial charge on any atom is 0.140 e. The number of carbonyl (C=O) groups is 1. The van der Waals surface area contributed by atoms with Crippen LogP contribution < -0.4 is 0 Å². The van der Waals surface area contributed by atoms with Gasteiger partial charge in [0.1, 0.15) is 5.78 Å². The lowest BCUT2D eigenvalue weighted by atomic mass is 10.1. The van der Waals surface area contributed by atoms with Crippen LogP contribution in [0.4, 0.5) is 0 Å². The van der Waals surface area contributed by atoms with Crippen LogP contribution in [-0.4, -0.2) is 18.6 Å². The predicted octanol–water partition coefficient (Wildman–Crippen LogP) is 2.38. The summed E-state index contributed by atoms with van der Waals surface area (Å²) in [5, 5.41) is 0. The molecule has 0 aliphatic heterocycles. The van der Waals surface area contributed by atoms with Crippen LogP contribution in [0, 0.1) is 0 Å². The molecule has 0 saturated heterocycles. The second kappa shape index (κ2) is 5.77. The van der Waals surface area contributed by atoms with Crippen molar-refractivity contribution in [2.75, 3.05) is 12.8 Å². The Bertz CT molecular complexity index is 319. The highest BCUT2D eigenvalue weighted by atomic mass is 31.1. The maximum absolute atomic E-state index is 11.3. The normalized spacial score (nSPS) is 12.4. The smallest absolute Gasteiger partial charge is 0.140 e. The van der Waals surface area contributed by atoms with Gasteiger partial charge in [0, 0.05) is 6.42 Å². The van der Waals surface area contributed by atoms with Gasteiger partial charge < -0.3 is 4.57 Å². The number of hydrogen-bond acceptors (Lipinski definition) is 2. The van der Waals surface area contributed by atoms with Crippen molar-refractivity contribution in [1.82, 2.24) is 0 Å². The van der Waals surface area contributed by atoms with E-state index in [-0.39, 0.29) is 11.9 Å². The van der Waals surface area contributed by atoms with E-state index in [1.165, 1.54) is 0 Å². The number of rotatable bonds is 5.